The summed E-state index contributed by atoms with van der Waals surface area (Å²) in [6.07, 6.45) is 1.25. The number of nitrogens with one attached hydrogen (secondary N) is 1. The summed E-state index contributed by atoms with van der Waals surface area (Å²) in [5.41, 5.74) is 0.887. The third kappa shape index (κ3) is 2.92. The minimum atomic E-state index is -0.722. The van der Waals surface area contributed by atoms with E-state index in [-0.39, 0.29) is 10.7 Å². The Balaban J connectivity index is 2.35. The van der Waals surface area contributed by atoms with Crippen LogP contribution in [0.4, 0.5) is 11.4 Å². The molecule has 1 amide bonds. The third-order valence-corrected chi connectivity index (χ3v) is 2.86. The molecule has 0 bridgehead atoms. The summed E-state index contributed by atoms with van der Waals surface area (Å²) in [5, 5.41) is 13.2. The number of carbonyl (C=O) groups is 1. The molecule has 1 heterocycles. The first-order chi connectivity index (χ1) is 9.49. The van der Waals surface area contributed by atoms with Crippen LogP contribution in [0, 0.1) is 17.0 Å². The monoisotopic (exact) mass is 291 g/mol. The van der Waals surface area contributed by atoms with Crippen molar-refractivity contribution < 1.29 is 9.72 Å². The van der Waals surface area contributed by atoms with Gasteiger partial charge in [-0.1, -0.05) is 23.7 Å². The summed E-state index contributed by atoms with van der Waals surface area (Å²) < 4.78 is 0. The van der Waals surface area contributed by atoms with Crippen molar-refractivity contribution in [2.75, 3.05) is 5.32 Å². The molecule has 2 aromatic rings. The number of halogens is 1. The maximum absolute atomic E-state index is 12.1. The number of anilines is 1. The molecule has 102 valence electrons. The number of carbonyl (C=O) groups excluding carboxylic acids is 1. The van der Waals surface area contributed by atoms with Gasteiger partial charge in [0.1, 0.15) is 5.56 Å². The van der Waals surface area contributed by atoms with Crippen molar-refractivity contribution in [2.24, 2.45) is 0 Å². The topological polar surface area (TPSA) is 85.1 Å². The minimum Gasteiger partial charge on any atom is -0.322 e. The quantitative estimate of drug-likeness (QED) is 0.534. The van der Waals surface area contributed by atoms with Crippen LogP contribution in [0.3, 0.4) is 0 Å². The number of hydrogen-bond acceptors (Lipinski definition) is 4. The van der Waals surface area contributed by atoms with Gasteiger partial charge in [0.2, 0.25) is 5.15 Å². The Morgan fingerprint density at radius 2 is 2.15 bits per heavy atom. The number of aryl methyl sites for hydroxylation is 1. The molecule has 6 nitrogen and oxygen atoms in total. The van der Waals surface area contributed by atoms with Gasteiger partial charge in [0.25, 0.3) is 5.91 Å². The molecule has 0 radical (unpaired) electrons. The summed E-state index contributed by atoms with van der Waals surface area (Å²) in [5.74, 6) is -0.605. The molecule has 0 aliphatic carbocycles. The molecule has 0 aliphatic heterocycles. The van der Waals surface area contributed by atoms with Crippen LogP contribution in [0.15, 0.2) is 36.5 Å². The van der Waals surface area contributed by atoms with Crippen LogP contribution >= 0.6 is 11.6 Å². The van der Waals surface area contributed by atoms with Crippen molar-refractivity contribution >= 4 is 28.9 Å². The van der Waals surface area contributed by atoms with Crippen LogP contribution in [0.1, 0.15) is 15.9 Å². The minimum absolute atomic E-state index is 0.128. The summed E-state index contributed by atoms with van der Waals surface area (Å²) in [6, 6.07) is 8.36. The predicted molar refractivity (Wildman–Crippen MR) is 75.0 cm³/mol. The zero-order valence-electron chi connectivity index (χ0n) is 10.5. The van der Waals surface area contributed by atoms with Gasteiger partial charge in [-0.3, -0.25) is 14.9 Å². The van der Waals surface area contributed by atoms with Gasteiger partial charge >= 0.3 is 5.69 Å². The van der Waals surface area contributed by atoms with E-state index < -0.39 is 16.5 Å². The summed E-state index contributed by atoms with van der Waals surface area (Å²) in [4.78, 5) is 25.9. The number of aromatic nitrogens is 1. The van der Waals surface area contributed by atoms with E-state index in [1.54, 1.807) is 18.2 Å². The number of rotatable bonds is 3. The average Bonchev–Trinajstić information content (AvgIpc) is 2.37. The van der Waals surface area contributed by atoms with E-state index in [4.69, 9.17) is 11.6 Å². The smallest absolute Gasteiger partial charge is 0.319 e. The van der Waals surface area contributed by atoms with Crippen LogP contribution < -0.4 is 5.32 Å². The second-order valence-electron chi connectivity index (χ2n) is 4.08. The third-order valence-electron chi connectivity index (χ3n) is 2.58. The molecule has 1 N–H and O–H groups in total. The largest absolute Gasteiger partial charge is 0.322 e. The first kappa shape index (κ1) is 14.0. The molecule has 0 saturated heterocycles. The van der Waals surface area contributed by atoms with Crippen molar-refractivity contribution in [3.8, 4) is 0 Å². The van der Waals surface area contributed by atoms with Crippen molar-refractivity contribution in [1.29, 1.82) is 0 Å². The molecule has 7 heteroatoms. The van der Waals surface area contributed by atoms with Gasteiger partial charge < -0.3 is 5.32 Å². The van der Waals surface area contributed by atoms with E-state index in [9.17, 15) is 14.9 Å². The summed E-state index contributed by atoms with van der Waals surface area (Å²) in [7, 11) is 0. The van der Waals surface area contributed by atoms with Gasteiger partial charge in [-0.15, -0.1) is 0 Å². The van der Waals surface area contributed by atoms with Crippen LogP contribution in [0.2, 0.25) is 5.15 Å². The number of benzene rings is 1. The molecule has 20 heavy (non-hydrogen) atoms. The van der Waals surface area contributed by atoms with E-state index >= 15 is 0 Å². The Hall–Kier alpha value is -2.47. The molecule has 0 fully saturated rings. The van der Waals surface area contributed by atoms with Crippen molar-refractivity contribution in [2.45, 2.75) is 6.92 Å². The van der Waals surface area contributed by atoms with Crippen molar-refractivity contribution in [3.05, 3.63) is 62.9 Å². The van der Waals surface area contributed by atoms with Gasteiger partial charge in [0, 0.05) is 11.9 Å². The fourth-order valence-electron chi connectivity index (χ4n) is 1.71. The molecule has 1 aromatic carbocycles. The highest BCUT2D eigenvalue weighted by atomic mass is 35.5. The van der Waals surface area contributed by atoms with Gasteiger partial charge in [0.15, 0.2) is 0 Å². The first-order valence-electron chi connectivity index (χ1n) is 5.66. The van der Waals surface area contributed by atoms with Gasteiger partial charge in [0.05, 0.1) is 4.92 Å². The van der Waals surface area contributed by atoms with Gasteiger partial charge in [-0.25, -0.2) is 4.98 Å². The normalized spacial score (nSPS) is 10.1. The molecule has 0 atom stereocenters. The van der Waals surface area contributed by atoms with Crippen molar-refractivity contribution in [1.82, 2.24) is 4.98 Å². The Morgan fingerprint density at radius 3 is 2.80 bits per heavy atom. The number of hydrogen-bond donors (Lipinski definition) is 1. The molecule has 0 spiro atoms. The number of amides is 1. The highest BCUT2D eigenvalue weighted by Crippen LogP contribution is 2.26. The van der Waals surface area contributed by atoms with E-state index in [0.29, 0.717) is 5.69 Å². The summed E-state index contributed by atoms with van der Waals surface area (Å²) >= 11 is 5.66. The SMILES string of the molecule is Cc1cccc(NC(=O)c2ccnc(Cl)c2[N+](=O)[O-])c1. The fourth-order valence-corrected chi connectivity index (χ4v) is 1.93. The molecule has 2 rings (SSSR count). The Bertz CT molecular complexity index is 688. The van der Waals surface area contributed by atoms with Gasteiger partial charge in [-0.05, 0) is 30.7 Å². The number of nitrogens with zero attached hydrogens (tertiary/aromatic N) is 2. The lowest BCUT2D eigenvalue weighted by atomic mass is 10.2. The molecule has 0 unspecified atom stereocenters. The standard InChI is InChI=1S/C13H10ClN3O3/c1-8-3-2-4-9(7-8)16-13(18)10-5-6-15-12(14)11(10)17(19)20/h2-7H,1H3,(H,16,18). The van der Waals surface area contributed by atoms with E-state index in [1.807, 2.05) is 13.0 Å². The van der Waals surface area contributed by atoms with Crippen LogP contribution in [0.25, 0.3) is 0 Å². The second-order valence-corrected chi connectivity index (χ2v) is 4.44. The predicted octanol–water partition coefficient (Wildman–Crippen LogP) is 3.20. The highest BCUT2D eigenvalue weighted by Gasteiger charge is 2.24. The van der Waals surface area contributed by atoms with Crippen LogP contribution in [-0.4, -0.2) is 15.8 Å². The number of pyridine rings is 1. The lowest BCUT2D eigenvalue weighted by Gasteiger charge is -2.06. The van der Waals surface area contributed by atoms with Gasteiger partial charge in [-0.2, -0.15) is 0 Å². The summed E-state index contributed by atoms with van der Waals surface area (Å²) in [6.45, 7) is 1.88. The van der Waals surface area contributed by atoms with E-state index in [2.05, 4.69) is 10.3 Å². The number of nitro groups is 1. The molecular weight excluding hydrogens is 282 g/mol. The zero-order chi connectivity index (χ0) is 14.7. The molecular formula is C13H10ClN3O3. The van der Waals surface area contributed by atoms with E-state index in [1.165, 1.54) is 12.3 Å². The molecule has 0 saturated carbocycles. The Labute approximate surface area is 119 Å². The van der Waals surface area contributed by atoms with Crippen LogP contribution in [-0.2, 0) is 0 Å². The first-order valence-corrected chi connectivity index (χ1v) is 6.04. The Kier molecular flexibility index (Phi) is 3.95. The lowest BCUT2D eigenvalue weighted by molar-refractivity contribution is -0.385. The maximum Gasteiger partial charge on any atom is 0.319 e. The highest BCUT2D eigenvalue weighted by molar-refractivity contribution is 6.32. The lowest BCUT2D eigenvalue weighted by Crippen LogP contribution is -2.14. The van der Waals surface area contributed by atoms with E-state index in [0.717, 1.165) is 5.56 Å². The molecule has 0 aliphatic rings. The zero-order valence-corrected chi connectivity index (χ0v) is 11.2. The maximum atomic E-state index is 12.1. The Morgan fingerprint density at radius 1 is 1.40 bits per heavy atom. The van der Waals surface area contributed by atoms with Crippen molar-refractivity contribution in [3.63, 3.8) is 0 Å². The fraction of sp³-hybridized carbons (Fsp3) is 0.0769. The molecule has 1 aromatic heterocycles. The average molecular weight is 292 g/mol. The second kappa shape index (κ2) is 5.66. The van der Waals surface area contributed by atoms with Crippen LogP contribution in [0.5, 0.6) is 0 Å².